The molecule has 8 rings (SSSR count). The van der Waals surface area contributed by atoms with Gasteiger partial charge in [-0.05, 0) is 103 Å². The molecule has 0 amide bonds. The van der Waals surface area contributed by atoms with Crippen LogP contribution in [0.25, 0.3) is 0 Å². The summed E-state index contributed by atoms with van der Waals surface area (Å²) in [6.07, 6.45) is 4.15. The Balaban J connectivity index is 0.000000188. The molecule has 8 heterocycles. The average molecular weight is 802 g/mol. The quantitative estimate of drug-likeness (QED) is 0.165. The number of halogens is 1. The van der Waals surface area contributed by atoms with Crippen molar-refractivity contribution in [2.45, 2.75) is 112 Å². The highest BCUT2D eigenvalue weighted by molar-refractivity contribution is 5.38. The van der Waals surface area contributed by atoms with E-state index >= 15 is 0 Å². The van der Waals surface area contributed by atoms with Crippen LogP contribution in [0.5, 0.6) is 29.1 Å². The van der Waals surface area contributed by atoms with Crippen molar-refractivity contribution >= 4 is 0 Å². The van der Waals surface area contributed by atoms with Gasteiger partial charge in [0.25, 0.3) is 11.8 Å². The highest BCUT2D eigenvalue weighted by Crippen LogP contribution is 2.35. The molecular formula is C44H60FN7O6. The molecule has 0 aliphatic carbocycles. The number of hydrogen-bond donors (Lipinski definition) is 0. The first-order chi connectivity index (χ1) is 28.1. The number of aryl methyl sites for hydroxylation is 4. The third-order valence-electron chi connectivity index (χ3n) is 10.8. The molecule has 13 nitrogen and oxygen atoms in total. The van der Waals surface area contributed by atoms with E-state index in [1.165, 1.54) is 11.6 Å². The van der Waals surface area contributed by atoms with Gasteiger partial charge in [0.1, 0.15) is 38.3 Å². The molecule has 4 aliphatic heterocycles. The van der Waals surface area contributed by atoms with Crippen LogP contribution in [-0.2, 0) is 11.3 Å². The van der Waals surface area contributed by atoms with Gasteiger partial charge in [-0.3, -0.25) is 14.8 Å². The maximum atomic E-state index is 14.6. The summed E-state index contributed by atoms with van der Waals surface area (Å²) >= 11 is 0. The van der Waals surface area contributed by atoms with E-state index in [1.54, 1.807) is 0 Å². The van der Waals surface area contributed by atoms with E-state index < -0.39 is 0 Å². The molecule has 0 spiro atoms. The van der Waals surface area contributed by atoms with E-state index in [9.17, 15) is 4.39 Å². The van der Waals surface area contributed by atoms with Gasteiger partial charge in [-0.1, -0.05) is 13.8 Å². The lowest BCUT2D eigenvalue weighted by atomic mass is 10.0. The summed E-state index contributed by atoms with van der Waals surface area (Å²) in [6.45, 7) is 22.4. The van der Waals surface area contributed by atoms with Gasteiger partial charge >= 0.3 is 0 Å². The number of ether oxygens (including phenoxy) is 6. The Labute approximate surface area is 342 Å². The number of nitrogens with zero attached hydrogens (tertiary/aromatic N) is 7. The van der Waals surface area contributed by atoms with Crippen molar-refractivity contribution in [3.05, 3.63) is 81.8 Å². The second-order valence-corrected chi connectivity index (χ2v) is 15.1. The summed E-state index contributed by atoms with van der Waals surface area (Å²) in [7, 11) is 0. The van der Waals surface area contributed by atoms with Crippen molar-refractivity contribution < 1.29 is 32.8 Å². The monoisotopic (exact) mass is 801 g/mol. The summed E-state index contributed by atoms with van der Waals surface area (Å²) in [6, 6.07) is 11.7. The van der Waals surface area contributed by atoms with Crippen molar-refractivity contribution in [3.63, 3.8) is 0 Å². The van der Waals surface area contributed by atoms with E-state index in [2.05, 4.69) is 60.1 Å². The maximum absolute atomic E-state index is 14.6. The molecule has 0 saturated carbocycles. The van der Waals surface area contributed by atoms with Gasteiger partial charge in [0.15, 0.2) is 11.5 Å². The SMILES string of the molecule is CC.Cc1cc(C)c(OC2CCN(C(C)c3nc4c(cc3F)OCCO4)CC2)nn1.Cc1cc(COC2CCN(C(C)c3ccc4c(n3)OCCO4)CC2)cc(C)n1. The first-order valence-corrected chi connectivity index (χ1v) is 20.8. The van der Waals surface area contributed by atoms with E-state index in [1.807, 2.05) is 60.6 Å². The van der Waals surface area contributed by atoms with Gasteiger partial charge in [-0.25, -0.2) is 14.4 Å². The van der Waals surface area contributed by atoms with Crippen molar-refractivity contribution in [3.8, 4) is 29.1 Å². The summed E-state index contributed by atoms with van der Waals surface area (Å²) in [5.41, 5.74) is 6.60. The van der Waals surface area contributed by atoms with Crippen LogP contribution in [0.15, 0.2) is 36.4 Å². The lowest BCUT2D eigenvalue weighted by Crippen LogP contribution is -2.40. The zero-order valence-corrected chi connectivity index (χ0v) is 35.4. The van der Waals surface area contributed by atoms with E-state index in [-0.39, 0.29) is 24.0 Å². The fraction of sp³-hybridized carbons (Fsp3) is 0.568. The summed E-state index contributed by atoms with van der Waals surface area (Å²) < 4.78 is 48.9. The Morgan fingerprint density at radius 2 is 1.26 bits per heavy atom. The number of hydrogen-bond acceptors (Lipinski definition) is 13. The first-order valence-electron chi connectivity index (χ1n) is 20.8. The van der Waals surface area contributed by atoms with Gasteiger partial charge in [-0.15, -0.1) is 5.10 Å². The van der Waals surface area contributed by atoms with Gasteiger partial charge < -0.3 is 28.4 Å². The molecule has 2 saturated heterocycles. The zero-order chi connectivity index (χ0) is 41.2. The number of fused-ring (bicyclic) bond motifs is 2. The molecule has 4 aromatic heterocycles. The van der Waals surface area contributed by atoms with Crippen LogP contribution >= 0.6 is 0 Å². The summed E-state index contributed by atoms with van der Waals surface area (Å²) in [5.74, 6) is 2.35. The Kier molecular flexibility index (Phi) is 15.1. The van der Waals surface area contributed by atoms with Crippen LogP contribution in [0.3, 0.4) is 0 Å². The second-order valence-electron chi connectivity index (χ2n) is 15.1. The minimum atomic E-state index is -0.360. The average Bonchev–Trinajstić information content (AvgIpc) is 3.24. The minimum Gasteiger partial charge on any atom is -0.484 e. The van der Waals surface area contributed by atoms with Crippen LogP contribution in [0, 0.1) is 33.5 Å². The predicted octanol–water partition coefficient (Wildman–Crippen LogP) is 7.64. The Morgan fingerprint density at radius 1 is 0.672 bits per heavy atom. The Bertz CT molecular complexity index is 1930. The molecule has 0 N–H and O–H groups in total. The van der Waals surface area contributed by atoms with Crippen molar-refractivity contribution in [2.24, 2.45) is 0 Å². The van der Waals surface area contributed by atoms with Crippen LogP contribution in [0.2, 0.25) is 0 Å². The summed E-state index contributed by atoms with van der Waals surface area (Å²) in [4.78, 5) is 18.2. The number of piperidine rings is 2. The number of pyridine rings is 3. The molecule has 0 radical (unpaired) electrons. The molecule has 2 unspecified atom stereocenters. The first kappa shape index (κ1) is 42.9. The molecule has 4 aromatic rings. The van der Waals surface area contributed by atoms with Gasteiger partial charge in [0.05, 0.1) is 35.8 Å². The Hall–Kier alpha value is -4.66. The lowest BCUT2D eigenvalue weighted by molar-refractivity contribution is -0.0102. The maximum Gasteiger partial charge on any atom is 0.257 e. The molecule has 2 atom stereocenters. The number of aromatic nitrogens is 5. The topological polar surface area (TPSA) is 126 Å². The van der Waals surface area contributed by atoms with Crippen LogP contribution in [0.4, 0.5) is 4.39 Å². The molecule has 4 aliphatic rings. The number of likely N-dealkylation sites (tertiary alicyclic amines) is 2. The van der Waals surface area contributed by atoms with E-state index in [0.29, 0.717) is 68.2 Å². The van der Waals surface area contributed by atoms with Gasteiger partial charge in [0, 0.05) is 55.2 Å². The predicted molar refractivity (Wildman–Crippen MR) is 218 cm³/mol. The summed E-state index contributed by atoms with van der Waals surface area (Å²) in [5, 5.41) is 8.23. The van der Waals surface area contributed by atoms with Crippen molar-refractivity contribution in [2.75, 3.05) is 52.6 Å². The Morgan fingerprint density at radius 3 is 1.91 bits per heavy atom. The molecular weight excluding hydrogens is 742 g/mol. The highest BCUT2D eigenvalue weighted by Gasteiger charge is 2.30. The highest BCUT2D eigenvalue weighted by atomic mass is 19.1. The minimum absolute atomic E-state index is 0.0808. The van der Waals surface area contributed by atoms with E-state index in [4.69, 9.17) is 28.4 Å². The van der Waals surface area contributed by atoms with Gasteiger partial charge in [-0.2, -0.15) is 5.10 Å². The molecule has 58 heavy (non-hydrogen) atoms. The smallest absolute Gasteiger partial charge is 0.257 e. The van der Waals surface area contributed by atoms with Crippen molar-refractivity contribution in [1.29, 1.82) is 0 Å². The molecule has 314 valence electrons. The lowest BCUT2D eigenvalue weighted by Gasteiger charge is -2.36. The third kappa shape index (κ3) is 11.1. The van der Waals surface area contributed by atoms with Gasteiger partial charge in [0.2, 0.25) is 5.88 Å². The number of rotatable bonds is 9. The van der Waals surface area contributed by atoms with E-state index in [0.717, 1.165) is 86.0 Å². The van der Waals surface area contributed by atoms with Crippen molar-refractivity contribution in [1.82, 2.24) is 34.9 Å². The largest absolute Gasteiger partial charge is 0.484 e. The second kappa shape index (κ2) is 20.3. The van der Waals surface area contributed by atoms with Crippen LogP contribution < -0.4 is 23.7 Å². The fourth-order valence-corrected chi connectivity index (χ4v) is 7.71. The molecule has 0 aromatic carbocycles. The molecule has 2 fully saturated rings. The normalized spacial score (nSPS) is 18.2. The molecule has 0 bridgehead atoms. The fourth-order valence-electron chi connectivity index (χ4n) is 7.71. The molecule has 14 heteroatoms. The van der Waals surface area contributed by atoms with Crippen LogP contribution in [-0.4, -0.2) is 99.8 Å². The standard InChI is InChI=1S/C22H29N3O3.C20H25FN4O3.C2H6/c1-15-12-18(13-16(2)23-15)14-28-19-6-8-25(9-7-19)17(3)20-4-5-21-22(24-20)27-11-10-26-21;1-12-10-13(2)23-24-19(12)28-15-4-6-25(7-5-15)14(3)18-16(21)11-17-20(22-18)27-9-8-26-17;1-2/h4-5,12-13,17,19H,6-11,14H2,1-3H3;10-11,14-15H,4-9H2,1-3H3;1-2H3. The van der Waals surface area contributed by atoms with Crippen LogP contribution in [0.1, 0.15) is 105 Å². The zero-order valence-electron chi connectivity index (χ0n) is 35.4. The third-order valence-corrected chi connectivity index (χ3v) is 10.8.